The molecule has 1 aromatic rings. The van der Waals surface area contributed by atoms with Gasteiger partial charge in [0.05, 0.1) is 13.2 Å². The predicted octanol–water partition coefficient (Wildman–Crippen LogP) is 3.18. The first kappa shape index (κ1) is 16.7. The summed E-state index contributed by atoms with van der Waals surface area (Å²) in [6, 6.07) is 7.50. The summed E-state index contributed by atoms with van der Waals surface area (Å²) in [6.07, 6.45) is 5.99. The Kier molecular flexibility index (Phi) is 7.58. The van der Waals surface area contributed by atoms with Gasteiger partial charge in [0.15, 0.2) is 5.78 Å². The summed E-state index contributed by atoms with van der Waals surface area (Å²) in [5, 5.41) is 0. The van der Waals surface area contributed by atoms with E-state index in [-0.39, 0.29) is 5.78 Å². The molecule has 0 radical (unpaired) electrons. The van der Waals surface area contributed by atoms with Crippen LogP contribution in [-0.4, -0.2) is 25.0 Å². The predicted molar refractivity (Wildman–Crippen MR) is 82.0 cm³/mol. The van der Waals surface area contributed by atoms with Gasteiger partial charge in [0.2, 0.25) is 0 Å². The van der Waals surface area contributed by atoms with E-state index in [9.17, 15) is 9.59 Å². The molecule has 0 atom stereocenters. The lowest BCUT2D eigenvalue weighted by atomic mass is 10.2. The van der Waals surface area contributed by atoms with Crippen LogP contribution in [0.3, 0.4) is 0 Å². The zero-order valence-electron chi connectivity index (χ0n) is 12.2. The molecule has 1 rings (SSSR count). The third-order valence-corrected chi connectivity index (χ3v) is 2.61. The van der Waals surface area contributed by atoms with Crippen molar-refractivity contribution in [3.8, 4) is 5.75 Å². The average molecular weight is 288 g/mol. The van der Waals surface area contributed by atoms with Gasteiger partial charge in [-0.1, -0.05) is 24.8 Å². The van der Waals surface area contributed by atoms with Gasteiger partial charge in [0, 0.05) is 6.08 Å². The number of ketones is 1. The van der Waals surface area contributed by atoms with E-state index in [0.717, 1.165) is 30.2 Å². The topological polar surface area (TPSA) is 52.6 Å². The van der Waals surface area contributed by atoms with E-state index in [0.29, 0.717) is 13.2 Å². The van der Waals surface area contributed by atoms with Crippen molar-refractivity contribution in [2.45, 2.75) is 19.8 Å². The highest BCUT2D eigenvalue weighted by Crippen LogP contribution is 2.13. The second kappa shape index (κ2) is 9.53. The molecule has 112 valence electrons. The number of benzene rings is 1. The van der Waals surface area contributed by atoms with Crippen LogP contribution in [0.4, 0.5) is 0 Å². The molecule has 4 nitrogen and oxygen atoms in total. The molecule has 0 aromatic heterocycles. The molecule has 0 N–H and O–H groups in total. The number of allylic oxidation sites excluding steroid dienone is 1. The smallest absolute Gasteiger partial charge is 0.330 e. The van der Waals surface area contributed by atoms with Gasteiger partial charge in [-0.25, -0.2) is 4.79 Å². The zero-order chi connectivity index (χ0) is 15.5. The third kappa shape index (κ3) is 7.72. The summed E-state index contributed by atoms with van der Waals surface area (Å²) >= 11 is 0. The van der Waals surface area contributed by atoms with Gasteiger partial charge >= 0.3 is 5.97 Å². The number of carbonyl (C=O) groups is 2. The molecule has 21 heavy (non-hydrogen) atoms. The molecular weight excluding hydrogens is 268 g/mol. The Hall–Kier alpha value is -2.36. The maximum Gasteiger partial charge on any atom is 0.330 e. The van der Waals surface area contributed by atoms with E-state index in [1.165, 1.54) is 13.0 Å². The van der Waals surface area contributed by atoms with Crippen molar-refractivity contribution >= 4 is 17.8 Å². The van der Waals surface area contributed by atoms with Gasteiger partial charge in [-0.3, -0.25) is 4.79 Å². The number of carbonyl (C=O) groups excluding carboxylic acids is 2. The summed E-state index contributed by atoms with van der Waals surface area (Å²) in [7, 11) is 0. The number of unbranched alkanes of at least 4 members (excludes halogenated alkanes) is 1. The molecule has 0 aliphatic carbocycles. The average Bonchev–Trinajstić information content (AvgIpc) is 2.49. The van der Waals surface area contributed by atoms with E-state index in [2.05, 4.69) is 6.58 Å². The van der Waals surface area contributed by atoms with Crippen molar-refractivity contribution in [3.05, 3.63) is 48.6 Å². The van der Waals surface area contributed by atoms with Crippen molar-refractivity contribution < 1.29 is 19.1 Å². The first-order valence-corrected chi connectivity index (χ1v) is 6.82. The summed E-state index contributed by atoms with van der Waals surface area (Å²) in [4.78, 5) is 21.6. The lowest BCUT2D eigenvalue weighted by Crippen LogP contribution is -2.04. The summed E-state index contributed by atoms with van der Waals surface area (Å²) < 4.78 is 10.4. The van der Waals surface area contributed by atoms with Crippen LogP contribution in [0.2, 0.25) is 0 Å². The Bertz CT molecular complexity index is 500. The second-order valence-electron chi connectivity index (χ2n) is 4.44. The second-order valence-corrected chi connectivity index (χ2v) is 4.44. The number of esters is 1. The molecule has 0 unspecified atom stereocenters. The first-order valence-electron chi connectivity index (χ1n) is 6.82. The Morgan fingerprint density at radius 1 is 1.14 bits per heavy atom. The minimum Gasteiger partial charge on any atom is -0.494 e. The third-order valence-electron chi connectivity index (χ3n) is 2.61. The molecule has 0 spiro atoms. The quantitative estimate of drug-likeness (QED) is 0.398. The number of hydrogen-bond acceptors (Lipinski definition) is 4. The molecule has 1 aromatic carbocycles. The van der Waals surface area contributed by atoms with Gasteiger partial charge in [-0.05, 0) is 43.5 Å². The van der Waals surface area contributed by atoms with Crippen LogP contribution in [-0.2, 0) is 14.3 Å². The van der Waals surface area contributed by atoms with Crippen molar-refractivity contribution in [1.29, 1.82) is 0 Å². The first-order chi connectivity index (χ1) is 10.1. The van der Waals surface area contributed by atoms with Crippen molar-refractivity contribution in [2.75, 3.05) is 13.2 Å². The lowest BCUT2D eigenvalue weighted by Gasteiger charge is -2.06. The molecule has 4 heteroatoms. The molecule has 0 fully saturated rings. The minimum absolute atomic E-state index is 0.0208. The molecule has 0 saturated carbocycles. The summed E-state index contributed by atoms with van der Waals surface area (Å²) in [5.74, 6) is 0.399. The Labute approximate surface area is 125 Å². The zero-order valence-corrected chi connectivity index (χ0v) is 12.2. The van der Waals surface area contributed by atoms with Crippen LogP contribution >= 0.6 is 0 Å². The SMILES string of the molecule is C=CC(=O)OCCCCOc1ccc(C=CC(C)=O)cc1. The van der Waals surface area contributed by atoms with Crippen molar-refractivity contribution in [2.24, 2.45) is 0 Å². The van der Waals surface area contributed by atoms with Crippen LogP contribution in [0.15, 0.2) is 43.0 Å². The number of rotatable bonds is 9. The highest BCUT2D eigenvalue weighted by Gasteiger charge is 1.97. The monoisotopic (exact) mass is 288 g/mol. The maximum atomic E-state index is 10.8. The standard InChI is InChI=1S/C17H20O4/c1-3-17(19)21-13-5-4-12-20-16-10-8-15(9-11-16)7-6-14(2)18/h3,6-11H,1,4-5,12-13H2,2H3. The van der Waals surface area contributed by atoms with Gasteiger partial charge < -0.3 is 9.47 Å². The van der Waals surface area contributed by atoms with Crippen LogP contribution in [0.5, 0.6) is 5.75 Å². The van der Waals surface area contributed by atoms with Crippen LogP contribution < -0.4 is 4.74 Å². The molecule has 0 aliphatic rings. The van der Waals surface area contributed by atoms with Gasteiger partial charge in [-0.15, -0.1) is 0 Å². The van der Waals surface area contributed by atoms with Gasteiger partial charge in [-0.2, -0.15) is 0 Å². The van der Waals surface area contributed by atoms with E-state index in [4.69, 9.17) is 9.47 Å². The molecule has 0 aliphatic heterocycles. The Balaban J connectivity index is 2.22. The summed E-state index contributed by atoms with van der Waals surface area (Å²) in [6.45, 7) is 5.78. The Morgan fingerprint density at radius 2 is 1.81 bits per heavy atom. The fourth-order valence-corrected chi connectivity index (χ4v) is 1.51. The molecular formula is C17H20O4. The fraction of sp³-hybridized carbons (Fsp3) is 0.294. The number of hydrogen-bond donors (Lipinski definition) is 0. The molecule has 0 saturated heterocycles. The van der Waals surface area contributed by atoms with Crippen molar-refractivity contribution in [1.82, 2.24) is 0 Å². The summed E-state index contributed by atoms with van der Waals surface area (Å²) in [5.41, 5.74) is 0.953. The fourth-order valence-electron chi connectivity index (χ4n) is 1.51. The minimum atomic E-state index is -0.398. The normalized spacial score (nSPS) is 10.3. The van der Waals surface area contributed by atoms with Crippen LogP contribution in [0.1, 0.15) is 25.3 Å². The lowest BCUT2D eigenvalue weighted by molar-refractivity contribution is -0.137. The Morgan fingerprint density at radius 3 is 2.43 bits per heavy atom. The van der Waals surface area contributed by atoms with Gasteiger partial charge in [0.1, 0.15) is 5.75 Å². The molecule has 0 amide bonds. The van der Waals surface area contributed by atoms with Crippen LogP contribution in [0.25, 0.3) is 6.08 Å². The van der Waals surface area contributed by atoms with Crippen molar-refractivity contribution in [3.63, 3.8) is 0 Å². The van der Waals surface area contributed by atoms with Crippen LogP contribution in [0, 0.1) is 0 Å². The number of ether oxygens (including phenoxy) is 2. The molecule has 0 bridgehead atoms. The van der Waals surface area contributed by atoms with E-state index in [1.807, 2.05) is 24.3 Å². The largest absolute Gasteiger partial charge is 0.494 e. The van der Waals surface area contributed by atoms with E-state index >= 15 is 0 Å². The van der Waals surface area contributed by atoms with E-state index in [1.54, 1.807) is 6.08 Å². The van der Waals surface area contributed by atoms with E-state index < -0.39 is 5.97 Å². The van der Waals surface area contributed by atoms with Gasteiger partial charge in [0.25, 0.3) is 0 Å². The highest BCUT2D eigenvalue weighted by atomic mass is 16.5. The molecule has 0 heterocycles. The maximum absolute atomic E-state index is 10.8. The highest BCUT2D eigenvalue weighted by molar-refractivity contribution is 5.91.